The van der Waals surface area contributed by atoms with E-state index in [-0.39, 0.29) is 12.0 Å². The smallest absolute Gasteiger partial charge is 0.250 e. The van der Waals surface area contributed by atoms with E-state index in [1.54, 1.807) is 25.3 Å². The number of hydrogen-bond donors (Lipinski definition) is 2. The van der Waals surface area contributed by atoms with Crippen LogP contribution in [0.3, 0.4) is 0 Å². The van der Waals surface area contributed by atoms with Gasteiger partial charge in [-0.2, -0.15) is 0 Å². The molecule has 0 spiro atoms. The third-order valence-corrected chi connectivity index (χ3v) is 4.44. The number of hydrogen-bond acceptors (Lipinski definition) is 4. The minimum atomic E-state index is -0.521. The number of ether oxygens (including phenoxy) is 1. The number of nitrogens with two attached hydrogens (primary N) is 1. The van der Waals surface area contributed by atoms with Crippen LogP contribution in [0.4, 0.5) is 0 Å². The van der Waals surface area contributed by atoms with Crippen LogP contribution in [0.25, 0.3) is 11.1 Å². The molecule has 6 heteroatoms. The van der Waals surface area contributed by atoms with Gasteiger partial charge in [0.1, 0.15) is 11.9 Å². The van der Waals surface area contributed by atoms with E-state index in [2.05, 4.69) is 10.3 Å². The normalized spacial score (nSPS) is 15.9. The lowest BCUT2D eigenvalue weighted by molar-refractivity contribution is -0.117. The van der Waals surface area contributed by atoms with Crippen molar-refractivity contribution < 1.29 is 14.3 Å². The molecule has 3 rings (SSSR count). The number of allylic oxidation sites excluding steroid dienone is 1. The van der Waals surface area contributed by atoms with Crippen molar-refractivity contribution in [1.29, 1.82) is 0 Å². The van der Waals surface area contributed by atoms with E-state index in [1.165, 1.54) is 6.20 Å². The second kappa shape index (κ2) is 7.39. The molecule has 3 N–H and O–H groups in total. The highest BCUT2D eigenvalue weighted by Gasteiger charge is 2.26. The van der Waals surface area contributed by atoms with Gasteiger partial charge in [-0.15, -0.1) is 0 Å². The molecule has 0 saturated carbocycles. The summed E-state index contributed by atoms with van der Waals surface area (Å²) in [4.78, 5) is 27.4. The molecule has 0 bridgehead atoms. The molecule has 1 aliphatic rings. The Balaban J connectivity index is 1.79. The number of primary amides is 1. The van der Waals surface area contributed by atoms with E-state index in [4.69, 9.17) is 10.5 Å². The number of carbonyl (C=O) groups is 2. The van der Waals surface area contributed by atoms with Crippen molar-refractivity contribution >= 4 is 11.8 Å². The predicted octanol–water partition coefficient (Wildman–Crippen LogP) is 2.23. The van der Waals surface area contributed by atoms with Gasteiger partial charge in [-0.1, -0.05) is 24.3 Å². The number of fused-ring (bicyclic) bond motifs is 1. The number of amides is 2. The molecule has 1 aliphatic heterocycles. The lowest BCUT2D eigenvalue weighted by atomic mass is 10.0. The summed E-state index contributed by atoms with van der Waals surface area (Å²) >= 11 is 0. The van der Waals surface area contributed by atoms with Crippen molar-refractivity contribution in [2.45, 2.75) is 26.4 Å². The standard InChI is InChI=1S/C20H21N3O3/c1-3-12(2)20(25)23-11-16-8-13-5-4-6-17(18(13)26-16)14-7-15(19(21)24)10-22-9-14/h3-7,9-10,16H,8,11H2,1-2H3,(H2,21,24)(H,23,25)/b12-3+. The maximum Gasteiger partial charge on any atom is 0.250 e. The third-order valence-electron chi connectivity index (χ3n) is 4.44. The Morgan fingerprint density at radius 3 is 2.92 bits per heavy atom. The maximum absolute atomic E-state index is 11.9. The van der Waals surface area contributed by atoms with Gasteiger partial charge >= 0.3 is 0 Å². The molecule has 2 amide bonds. The maximum atomic E-state index is 11.9. The first-order valence-corrected chi connectivity index (χ1v) is 8.44. The van der Waals surface area contributed by atoms with Crippen molar-refractivity contribution in [2.75, 3.05) is 6.54 Å². The molecule has 0 saturated heterocycles. The van der Waals surface area contributed by atoms with Crippen molar-refractivity contribution in [3.05, 3.63) is 59.4 Å². The van der Waals surface area contributed by atoms with Gasteiger partial charge in [0.15, 0.2) is 0 Å². The first-order valence-electron chi connectivity index (χ1n) is 8.44. The van der Waals surface area contributed by atoms with Crippen LogP contribution in [0.1, 0.15) is 29.8 Å². The molecule has 1 aromatic heterocycles. The van der Waals surface area contributed by atoms with Crippen LogP contribution in [0.15, 0.2) is 48.3 Å². The van der Waals surface area contributed by atoms with E-state index < -0.39 is 5.91 Å². The molecular weight excluding hydrogens is 330 g/mol. The van der Waals surface area contributed by atoms with E-state index >= 15 is 0 Å². The molecule has 0 radical (unpaired) electrons. The average Bonchev–Trinajstić information content (AvgIpc) is 3.08. The van der Waals surface area contributed by atoms with Gasteiger partial charge in [-0.25, -0.2) is 0 Å². The molecule has 2 heterocycles. The van der Waals surface area contributed by atoms with Gasteiger partial charge in [0, 0.05) is 35.5 Å². The van der Waals surface area contributed by atoms with Crippen LogP contribution in [-0.2, 0) is 11.2 Å². The van der Waals surface area contributed by atoms with Crippen LogP contribution in [0.5, 0.6) is 5.75 Å². The lowest BCUT2D eigenvalue weighted by Gasteiger charge is -2.14. The van der Waals surface area contributed by atoms with E-state index in [1.807, 2.05) is 25.1 Å². The zero-order valence-electron chi connectivity index (χ0n) is 14.8. The fourth-order valence-electron chi connectivity index (χ4n) is 2.88. The molecule has 0 fully saturated rings. The average molecular weight is 351 g/mol. The van der Waals surface area contributed by atoms with Crippen LogP contribution in [0, 0.1) is 0 Å². The zero-order chi connectivity index (χ0) is 18.7. The summed E-state index contributed by atoms with van der Waals surface area (Å²) in [6.07, 6.45) is 5.47. The zero-order valence-corrected chi connectivity index (χ0v) is 14.8. The molecule has 134 valence electrons. The van der Waals surface area contributed by atoms with E-state index in [0.717, 1.165) is 22.4 Å². The third kappa shape index (κ3) is 3.59. The highest BCUT2D eigenvalue weighted by Crippen LogP contribution is 2.38. The topological polar surface area (TPSA) is 94.3 Å². The second-order valence-corrected chi connectivity index (χ2v) is 6.25. The molecule has 1 unspecified atom stereocenters. The lowest BCUT2D eigenvalue weighted by Crippen LogP contribution is -2.34. The van der Waals surface area contributed by atoms with Crippen molar-refractivity contribution in [1.82, 2.24) is 10.3 Å². The predicted molar refractivity (Wildman–Crippen MR) is 98.8 cm³/mol. The molecule has 26 heavy (non-hydrogen) atoms. The number of pyridine rings is 1. The monoisotopic (exact) mass is 351 g/mol. The Morgan fingerprint density at radius 1 is 1.38 bits per heavy atom. The highest BCUT2D eigenvalue weighted by atomic mass is 16.5. The van der Waals surface area contributed by atoms with Gasteiger partial charge in [0.25, 0.3) is 0 Å². The number of nitrogens with one attached hydrogen (secondary N) is 1. The summed E-state index contributed by atoms with van der Waals surface area (Å²) in [7, 11) is 0. The molecule has 6 nitrogen and oxygen atoms in total. The largest absolute Gasteiger partial charge is 0.487 e. The first kappa shape index (κ1) is 17.7. The van der Waals surface area contributed by atoms with Crippen molar-refractivity contribution in [2.24, 2.45) is 5.73 Å². The summed E-state index contributed by atoms with van der Waals surface area (Å²) < 4.78 is 6.08. The molecule has 0 aliphatic carbocycles. The summed E-state index contributed by atoms with van der Waals surface area (Å²) in [6, 6.07) is 7.58. The number of benzene rings is 1. The number of rotatable bonds is 5. The van der Waals surface area contributed by atoms with Crippen LogP contribution in [-0.4, -0.2) is 29.4 Å². The number of para-hydroxylation sites is 1. The van der Waals surface area contributed by atoms with Crippen LogP contribution >= 0.6 is 0 Å². The summed E-state index contributed by atoms with van der Waals surface area (Å²) in [6.45, 7) is 4.03. The van der Waals surface area contributed by atoms with Crippen molar-refractivity contribution in [3.8, 4) is 16.9 Å². The van der Waals surface area contributed by atoms with Gasteiger partial charge in [0.2, 0.25) is 11.8 Å². The Labute approximate surface area is 152 Å². The number of carbonyl (C=O) groups excluding carboxylic acids is 2. The van der Waals surface area contributed by atoms with Crippen molar-refractivity contribution in [3.63, 3.8) is 0 Å². The fraction of sp³-hybridized carbons (Fsp3) is 0.250. The number of nitrogens with zero attached hydrogens (tertiary/aromatic N) is 1. The molecule has 1 atom stereocenters. The summed E-state index contributed by atoms with van der Waals surface area (Å²) in [5, 5.41) is 2.89. The summed E-state index contributed by atoms with van der Waals surface area (Å²) in [5.41, 5.74) is 9.06. The Morgan fingerprint density at radius 2 is 2.19 bits per heavy atom. The summed E-state index contributed by atoms with van der Waals surface area (Å²) in [5.74, 6) is 0.149. The van der Waals surface area contributed by atoms with Gasteiger partial charge in [0.05, 0.1) is 12.1 Å². The van der Waals surface area contributed by atoms with Gasteiger partial charge in [-0.3, -0.25) is 14.6 Å². The first-order chi connectivity index (χ1) is 12.5. The Hall–Kier alpha value is -3.15. The van der Waals surface area contributed by atoms with Crippen LogP contribution < -0.4 is 15.8 Å². The fourth-order valence-corrected chi connectivity index (χ4v) is 2.88. The Bertz CT molecular complexity index is 890. The van der Waals surface area contributed by atoms with Crippen LogP contribution in [0.2, 0.25) is 0 Å². The van der Waals surface area contributed by atoms with E-state index in [9.17, 15) is 9.59 Å². The molecule has 2 aromatic rings. The SMILES string of the molecule is C/C=C(\C)C(=O)NCC1Cc2cccc(-c3cncc(C(N)=O)c3)c2O1. The Kier molecular flexibility index (Phi) is 5.02. The quantitative estimate of drug-likeness (QED) is 0.808. The van der Waals surface area contributed by atoms with Gasteiger partial charge in [-0.05, 0) is 25.5 Å². The minimum absolute atomic E-state index is 0.0920. The minimum Gasteiger partial charge on any atom is -0.487 e. The highest BCUT2D eigenvalue weighted by molar-refractivity contribution is 5.94. The number of aromatic nitrogens is 1. The molecule has 1 aromatic carbocycles. The van der Waals surface area contributed by atoms with E-state index in [0.29, 0.717) is 24.1 Å². The van der Waals surface area contributed by atoms with Gasteiger partial charge < -0.3 is 15.8 Å². The molecular formula is C20H21N3O3. The second-order valence-electron chi connectivity index (χ2n) is 6.25.